The van der Waals surface area contributed by atoms with Crippen molar-refractivity contribution in [2.24, 2.45) is 5.92 Å². The Bertz CT molecular complexity index is 424. The van der Waals surface area contributed by atoms with Gasteiger partial charge in [0, 0.05) is 6.54 Å². The van der Waals surface area contributed by atoms with Gasteiger partial charge >= 0.3 is 0 Å². The molecule has 1 aromatic rings. The topological polar surface area (TPSA) is 67.0 Å². The molecule has 1 aliphatic carbocycles. The Morgan fingerprint density at radius 3 is 3.00 bits per heavy atom. The summed E-state index contributed by atoms with van der Waals surface area (Å²) in [5, 5.41) is 3.17. The zero-order valence-electron chi connectivity index (χ0n) is 10.9. The van der Waals surface area contributed by atoms with E-state index in [2.05, 4.69) is 15.3 Å². The fraction of sp³-hybridized carbons (Fsp3) is 0.692. The molecular weight excluding hydrogens is 230 g/mol. The molecule has 0 amide bonds. The summed E-state index contributed by atoms with van der Waals surface area (Å²) < 4.78 is 5.04. The zero-order valence-corrected chi connectivity index (χ0v) is 10.9. The Morgan fingerprint density at radius 1 is 1.50 bits per heavy atom. The Labute approximate surface area is 107 Å². The van der Waals surface area contributed by atoms with E-state index in [-0.39, 0.29) is 11.3 Å². The van der Waals surface area contributed by atoms with E-state index in [0.717, 1.165) is 18.9 Å². The van der Waals surface area contributed by atoms with E-state index in [1.54, 1.807) is 0 Å². The number of nitrogens with one attached hydrogen (secondary N) is 2. The maximum absolute atomic E-state index is 11.5. The first-order chi connectivity index (χ1) is 8.81. The van der Waals surface area contributed by atoms with Crippen LogP contribution in [-0.4, -0.2) is 23.6 Å². The lowest BCUT2D eigenvalue weighted by Gasteiger charge is -2.11. The minimum Gasteiger partial charge on any atom is -0.489 e. The SMILES string of the molecule is COc1c(NCCCC2CCCC2)nc[nH]c1=O. The Kier molecular flexibility index (Phi) is 4.61. The van der Waals surface area contributed by atoms with Crippen LogP contribution in [-0.2, 0) is 0 Å². The van der Waals surface area contributed by atoms with Gasteiger partial charge in [-0.2, -0.15) is 0 Å². The lowest BCUT2D eigenvalue weighted by molar-refractivity contribution is 0.407. The fourth-order valence-corrected chi connectivity index (χ4v) is 2.60. The Hall–Kier alpha value is -1.52. The molecule has 1 fully saturated rings. The normalized spacial score (nSPS) is 15.8. The number of hydrogen-bond acceptors (Lipinski definition) is 4. The summed E-state index contributed by atoms with van der Waals surface area (Å²) in [6.07, 6.45) is 9.31. The smallest absolute Gasteiger partial charge is 0.295 e. The van der Waals surface area contributed by atoms with Crippen molar-refractivity contribution in [1.29, 1.82) is 0 Å². The van der Waals surface area contributed by atoms with Gasteiger partial charge in [0.05, 0.1) is 13.4 Å². The van der Waals surface area contributed by atoms with Crippen LogP contribution in [0.5, 0.6) is 5.75 Å². The average molecular weight is 251 g/mol. The molecule has 0 spiro atoms. The summed E-state index contributed by atoms with van der Waals surface area (Å²) in [5.41, 5.74) is -0.245. The molecule has 5 heteroatoms. The van der Waals surface area contributed by atoms with Crippen molar-refractivity contribution in [3.8, 4) is 5.75 Å². The van der Waals surface area contributed by atoms with Crippen LogP contribution in [0, 0.1) is 5.92 Å². The maximum Gasteiger partial charge on any atom is 0.295 e. The van der Waals surface area contributed by atoms with Crippen LogP contribution in [0.15, 0.2) is 11.1 Å². The maximum atomic E-state index is 11.5. The van der Waals surface area contributed by atoms with Gasteiger partial charge in [-0.25, -0.2) is 4.98 Å². The quantitative estimate of drug-likeness (QED) is 0.760. The summed E-state index contributed by atoms with van der Waals surface area (Å²) in [4.78, 5) is 18.0. The monoisotopic (exact) mass is 251 g/mol. The number of anilines is 1. The van der Waals surface area contributed by atoms with Crippen LogP contribution in [0.1, 0.15) is 38.5 Å². The van der Waals surface area contributed by atoms with E-state index in [4.69, 9.17) is 4.74 Å². The first-order valence-corrected chi connectivity index (χ1v) is 6.67. The molecule has 1 saturated carbocycles. The van der Waals surface area contributed by atoms with Crippen molar-refractivity contribution < 1.29 is 4.74 Å². The molecule has 18 heavy (non-hydrogen) atoms. The molecule has 0 saturated heterocycles. The number of aromatic nitrogens is 2. The van der Waals surface area contributed by atoms with Crippen molar-refractivity contribution in [3.63, 3.8) is 0 Å². The van der Waals surface area contributed by atoms with Crippen molar-refractivity contribution in [2.45, 2.75) is 38.5 Å². The van der Waals surface area contributed by atoms with Crippen LogP contribution in [0.4, 0.5) is 5.82 Å². The molecule has 2 N–H and O–H groups in total. The molecular formula is C13H21N3O2. The van der Waals surface area contributed by atoms with Crippen LogP contribution in [0.25, 0.3) is 0 Å². The molecule has 0 aliphatic heterocycles. The Balaban J connectivity index is 1.79. The number of nitrogens with zero attached hydrogens (tertiary/aromatic N) is 1. The fourth-order valence-electron chi connectivity index (χ4n) is 2.60. The number of H-pyrrole nitrogens is 1. The molecule has 2 rings (SSSR count). The number of hydrogen-bond donors (Lipinski definition) is 2. The molecule has 1 heterocycles. The van der Waals surface area contributed by atoms with Crippen molar-refractivity contribution >= 4 is 5.82 Å². The predicted molar refractivity (Wildman–Crippen MR) is 71.1 cm³/mol. The van der Waals surface area contributed by atoms with E-state index in [1.165, 1.54) is 45.5 Å². The van der Waals surface area contributed by atoms with Crippen molar-refractivity contribution in [3.05, 3.63) is 16.7 Å². The molecule has 1 aromatic heterocycles. The highest BCUT2D eigenvalue weighted by Gasteiger charge is 2.14. The lowest BCUT2D eigenvalue weighted by Crippen LogP contribution is -2.15. The lowest BCUT2D eigenvalue weighted by atomic mass is 10.0. The number of aromatic amines is 1. The van der Waals surface area contributed by atoms with Crippen LogP contribution >= 0.6 is 0 Å². The van der Waals surface area contributed by atoms with Gasteiger partial charge in [0.25, 0.3) is 5.56 Å². The van der Waals surface area contributed by atoms with Gasteiger partial charge in [0.1, 0.15) is 0 Å². The van der Waals surface area contributed by atoms with E-state index in [0.29, 0.717) is 5.82 Å². The second-order valence-electron chi connectivity index (χ2n) is 4.83. The van der Waals surface area contributed by atoms with Gasteiger partial charge in [-0.05, 0) is 18.8 Å². The number of ether oxygens (including phenoxy) is 1. The summed E-state index contributed by atoms with van der Waals surface area (Å²) >= 11 is 0. The van der Waals surface area contributed by atoms with Crippen molar-refractivity contribution in [1.82, 2.24) is 9.97 Å². The highest BCUT2D eigenvalue weighted by Crippen LogP contribution is 2.28. The summed E-state index contributed by atoms with van der Waals surface area (Å²) in [5.74, 6) is 1.70. The summed E-state index contributed by atoms with van der Waals surface area (Å²) in [6, 6.07) is 0. The van der Waals surface area contributed by atoms with Gasteiger partial charge in [-0.1, -0.05) is 25.7 Å². The van der Waals surface area contributed by atoms with Gasteiger partial charge in [0.15, 0.2) is 5.82 Å². The molecule has 0 aromatic carbocycles. The minimum atomic E-state index is -0.245. The van der Waals surface area contributed by atoms with Crippen LogP contribution < -0.4 is 15.6 Å². The van der Waals surface area contributed by atoms with Gasteiger partial charge in [0.2, 0.25) is 5.75 Å². The molecule has 5 nitrogen and oxygen atoms in total. The summed E-state index contributed by atoms with van der Waals surface area (Å²) in [7, 11) is 1.48. The third-order valence-electron chi connectivity index (χ3n) is 3.57. The van der Waals surface area contributed by atoms with Gasteiger partial charge in [-0.3, -0.25) is 4.79 Å². The number of methoxy groups -OCH3 is 1. The standard InChI is InChI=1S/C13H21N3O2/c1-18-11-12(15-9-16-13(11)17)14-8-4-7-10-5-2-3-6-10/h9-10H,2-8H2,1H3,(H2,14,15,16,17). The van der Waals surface area contributed by atoms with E-state index in [9.17, 15) is 4.79 Å². The summed E-state index contributed by atoms with van der Waals surface area (Å²) in [6.45, 7) is 0.837. The molecule has 0 unspecified atom stereocenters. The molecule has 1 aliphatic rings. The first-order valence-electron chi connectivity index (χ1n) is 6.67. The molecule has 0 bridgehead atoms. The van der Waals surface area contributed by atoms with Gasteiger partial charge < -0.3 is 15.0 Å². The Morgan fingerprint density at radius 2 is 2.28 bits per heavy atom. The van der Waals surface area contributed by atoms with E-state index >= 15 is 0 Å². The van der Waals surface area contributed by atoms with Crippen LogP contribution in [0.3, 0.4) is 0 Å². The van der Waals surface area contributed by atoms with Gasteiger partial charge in [-0.15, -0.1) is 0 Å². The minimum absolute atomic E-state index is 0.245. The van der Waals surface area contributed by atoms with E-state index in [1.807, 2.05) is 0 Å². The van der Waals surface area contributed by atoms with Crippen LogP contribution in [0.2, 0.25) is 0 Å². The second kappa shape index (κ2) is 6.42. The van der Waals surface area contributed by atoms with Crippen molar-refractivity contribution in [2.75, 3.05) is 19.0 Å². The largest absolute Gasteiger partial charge is 0.489 e. The highest BCUT2D eigenvalue weighted by atomic mass is 16.5. The second-order valence-corrected chi connectivity index (χ2v) is 4.83. The average Bonchev–Trinajstić information content (AvgIpc) is 2.88. The highest BCUT2D eigenvalue weighted by molar-refractivity contribution is 5.47. The first kappa shape index (κ1) is 12.9. The van der Waals surface area contributed by atoms with E-state index < -0.39 is 0 Å². The molecule has 0 radical (unpaired) electrons. The predicted octanol–water partition coefficient (Wildman–Crippen LogP) is 2.16. The molecule has 100 valence electrons. The third-order valence-corrected chi connectivity index (χ3v) is 3.57. The molecule has 0 atom stereocenters. The zero-order chi connectivity index (χ0) is 12.8. The number of rotatable bonds is 6. The third kappa shape index (κ3) is 3.24.